The third-order valence-electron chi connectivity index (χ3n) is 4.12. The highest BCUT2D eigenvalue weighted by Gasteiger charge is 2.13. The molecule has 5 nitrogen and oxygen atoms in total. The molecule has 0 bridgehead atoms. The van der Waals surface area contributed by atoms with E-state index in [1.54, 1.807) is 6.92 Å². The van der Waals surface area contributed by atoms with E-state index >= 15 is 0 Å². The molecule has 138 valence electrons. The van der Waals surface area contributed by atoms with Gasteiger partial charge < -0.3 is 10.6 Å². The Morgan fingerprint density at radius 3 is 2.48 bits per heavy atom. The minimum absolute atomic E-state index is 0.111. The van der Waals surface area contributed by atoms with Crippen molar-refractivity contribution in [2.45, 2.75) is 20.8 Å². The van der Waals surface area contributed by atoms with Gasteiger partial charge in [-0.2, -0.15) is 0 Å². The van der Waals surface area contributed by atoms with Gasteiger partial charge in [-0.1, -0.05) is 12.1 Å². The number of hydrogen-bond acceptors (Lipinski definition) is 4. The standard InChI is InChI=1S/C20H18F2N4O/c1-11-5-4-6-17(12(11)2)26-19-10-18(23-13(3)24-19)20(27)25-14-7-8-15(21)16(22)9-14/h4-10H,1-3H3,(H,25,27)(H,23,24,26). The van der Waals surface area contributed by atoms with Crippen LogP contribution < -0.4 is 10.6 Å². The van der Waals surface area contributed by atoms with E-state index in [1.807, 2.05) is 32.0 Å². The maximum atomic E-state index is 13.3. The van der Waals surface area contributed by atoms with Gasteiger partial charge in [0.25, 0.3) is 5.91 Å². The number of hydrogen-bond donors (Lipinski definition) is 2. The Morgan fingerprint density at radius 2 is 1.74 bits per heavy atom. The van der Waals surface area contributed by atoms with Crippen LogP contribution in [0.4, 0.5) is 26.0 Å². The summed E-state index contributed by atoms with van der Waals surface area (Å²) in [6, 6.07) is 10.5. The van der Waals surface area contributed by atoms with Crippen LogP contribution in [0.15, 0.2) is 42.5 Å². The lowest BCUT2D eigenvalue weighted by molar-refractivity contribution is 0.102. The molecule has 0 aliphatic heterocycles. The lowest BCUT2D eigenvalue weighted by atomic mass is 10.1. The number of anilines is 3. The van der Waals surface area contributed by atoms with E-state index in [0.29, 0.717) is 11.6 Å². The van der Waals surface area contributed by atoms with E-state index in [1.165, 1.54) is 12.1 Å². The summed E-state index contributed by atoms with van der Waals surface area (Å²) in [7, 11) is 0. The zero-order chi connectivity index (χ0) is 19.6. The number of aryl methyl sites for hydroxylation is 2. The molecule has 1 amide bonds. The highest BCUT2D eigenvalue weighted by molar-refractivity contribution is 6.03. The molecule has 2 aromatic carbocycles. The molecule has 0 spiro atoms. The van der Waals surface area contributed by atoms with Crippen LogP contribution in [-0.2, 0) is 0 Å². The summed E-state index contributed by atoms with van der Waals surface area (Å²) in [6.45, 7) is 5.66. The van der Waals surface area contributed by atoms with Crippen molar-refractivity contribution in [3.63, 3.8) is 0 Å². The highest BCUT2D eigenvalue weighted by Crippen LogP contribution is 2.22. The average Bonchev–Trinajstić information content (AvgIpc) is 2.61. The normalized spacial score (nSPS) is 10.6. The number of nitrogens with zero attached hydrogens (tertiary/aromatic N) is 2. The summed E-state index contributed by atoms with van der Waals surface area (Å²) in [6.07, 6.45) is 0. The quantitative estimate of drug-likeness (QED) is 0.702. The predicted octanol–water partition coefficient (Wildman–Crippen LogP) is 4.68. The van der Waals surface area contributed by atoms with E-state index in [-0.39, 0.29) is 11.4 Å². The van der Waals surface area contributed by atoms with Crippen LogP contribution in [0.25, 0.3) is 0 Å². The Kier molecular flexibility index (Phi) is 5.12. The summed E-state index contributed by atoms with van der Waals surface area (Å²) in [5, 5.41) is 5.69. The molecule has 0 fully saturated rings. The van der Waals surface area contributed by atoms with Crippen LogP contribution >= 0.6 is 0 Å². The SMILES string of the molecule is Cc1nc(Nc2cccc(C)c2C)cc(C(=O)Nc2ccc(F)c(F)c2)n1. The highest BCUT2D eigenvalue weighted by atomic mass is 19.2. The first-order valence-electron chi connectivity index (χ1n) is 8.29. The van der Waals surface area contributed by atoms with Crippen molar-refractivity contribution in [1.29, 1.82) is 0 Å². The molecular weight excluding hydrogens is 350 g/mol. The maximum absolute atomic E-state index is 13.3. The molecule has 7 heteroatoms. The van der Waals surface area contributed by atoms with Gasteiger partial charge in [-0.25, -0.2) is 18.7 Å². The zero-order valence-corrected chi connectivity index (χ0v) is 15.1. The Labute approximate surface area is 155 Å². The molecule has 2 N–H and O–H groups in total. The third-order valence-corrected chi connectivity index (χ3v) is 4.12. The molecule has 0 aliphatic carbocycles. The van der Waals surface area contributed by atoms with Crippen molar-refractivity contribution in [3.05, 3.63) is 76.7 Å². The summed E-state index contributed by atoms with van der Waals surface area (Å²) >= 11 is 0. The van der Waals surface area contributed by atoms with Gasteiger partial charge in [0.05, 0.1) is 0 Å². The molecule has 1 aromatic heterocycles. The molecule has 0 saturated carbocycles. The first kappa shape index (κ1) is 18.4. The molecule has 0 aliphatic rings. The number of amides is 1. The minimum Gasteiger partial charge on any atom is -0.340 e. The fourth-order valence-corrected chi connectivity index (χ4v) is 2.54. The molecule has 1 heterocycles. The average molecular weight is 368 g/mol. The van der Waals surface area contributed by atoms with E-state index in [2.05, 4.69) is 20.6 Å². The maximum Gasteiger partial charge on any atom is 0.274 e. The van der Waals surface area contributed by atoms with Crippen LogP contribution in [0, 0.1) is 32.4 Å². The van der Waals surface area contributed by atoms with Gasteiger partial charge in [0, 0.05) is 23.5 Å². The Balaban J connectivity index is 1.85. The van der Waals surface area contributed by atoms with Crippen LogP contribution in [0.5, 0.6) is 0 Å². The van der Waals surface area contributed by atoms with E-state index in [0.717, 1.165) is 28.9 Å². The molecule has 0 unspecified atom stereocenters. The van der Waals surface area contributed by atoms with E-state index in [9.17, 15) is 13.6 Å². The predicted molar refractivity (Wildman–Crippen MR) is 100 cm³/mol. The lowest BCUT2D eigenvalue weighted by Crippen LogP contribution is -2.15. The Bertz CT molecular complexity index is 1020. The Hall–Kier alpha value is -3.35. The lowest BCUT2D eigenvalue weighted by Gasteiger charge is -2.12. The van der Waals surface area contributed by atoms with Gasteiger partial charge in [0.1, 0.15) is 17.3 Å². The van der Waals surface area contributed by atoms with Gasteiger partial charge in [-0.3, -0.25) is 4.79 Å². The third kappa shape index (κ3) is 4.25. The van der Waals surface area contributed by atoms with E-state index < -0.39 is 17.5 Å². The summed E-state index contributed by atoms with van der Waals surface area (Å²) in [5.41, 5.74) is 3.32. The molecule has 27 heavy (non-hydrogen) atoms. The van der Waals surface area contributed by atoms with Crippen LogP contribution in [0.2, 0.25) is 0 Å². The second-order valence-corrected chi connectivity index (χ2v) is 6.14. The number of carbonyl (C=O) groups excluding carboxylic acids is 1. The fourth-order valence-electron chi connectivity index (χ4n) is 2.54. The van der Waals surface area contributed by atoms with Crippen molar-refractivity contribution in [3.8, 4) is 0 Å². The van der Waals surface area contributed by atoms with E-state index in [4.69, 9.17) is 0 Å². The monoisotopic (exact) mass is 368 g/mol. The first-order valence-corrected chi connectivity index (χ1v) is 8.29. The number of aromatic nitrogens is 2. The minimum atomic E-state index is -1.04. The van der Waals surface area contributed by atoms with Gasteiger partial charge >= 0.3 is 0 Å². The number of halogens is 2. The summed E-state index contributed by atoms with van der Waals surface area (Å²) < 4.78 is 26.3. The zero-order valence-electron chi connectivity index (χ0n) is 15.1. The van der Waals surface area contributed by atoms with Crippen LogP contribution in [0.3, 0.4) is 0 Å². The largest absolute Gasteiger partial charge is 0.340 e. The molecule has 3 aromatic rings. The second kappa shape index (κ2) is 7.49. The number of benzene rings is 2. The number of carbonyl (C=O) groups is 1. The van der Waals surface area contributed by atoms with Crippen molar-refractivity contribution in [1.82, 2.24) is 9.97 Å². The summed E-state index contributed by atoms with van der Waals surface area (Å²) in [4.78, 5) is 20.9. The van der Waals surface area contributed by atoms with Crippen molar-refractivity contribution >= 4 is 23.1 Å². The molecule has 0 radical (unpaired) electrons. The Morgan fingerprint density at radius 1 is 0.963 bits per heavy atom. The first-order chi connectivity index (χ1) is 12.8. The summed E-state index contributed by atoms with van der Waals surface area (Å²) in [5.74, 6) is -1.70. The second-order valence-electron chi connectivity index (χ2n) is 6.14. The van der Waals surface area contributed by atoms with Gasteiger partial charge in [0.15, 0.2) is 11.6 Å². The van der Waals surface area contributed by atoms with Gasteiger partial charge in [0.2, 0.25) is 0 Å². The number of nitrogens with one attached hydrogen (secondary N) is 2. The molecule has 0 saturated heterocycles. The molecule has 0 atom stereocenters. The van der Waals surface area contributed by atoms with Gasteiger partial charge in [-0.15, -0.1) is 0 Å². The topological polar surface area (TPSA) is 66.9 Å². The molecule has 3 rings (SSSR count). The van der Waals surface area contributed by atoms with Crippen molar-refractivity contribution < 1.29 is 13.6 Å². The smallest absolute Gasteiger partial charge is 0.274 e. The van der Waals surface area contributed by atoms with Crippen molar-refractivity contribution in [2.75, 3.05) is 10.6 Å². The number of rotatable bonds is 4. The van der Waals surface area contributed by atoms with Crippen LogP contribution in [-0.4, -0.2) is 15.9 Å². The molecular formula is C20H18F2N4O. The van der Waals surface area contributed by atoms with Crippen molar-refractivity contribution in [2.24, 2.45) is 0 Å². The van der Waals surface area contributed by atoms with Crippen LogP contribution in [0.1, 0.15) is 27.4 Å². The van der Waals surface area contributed by atoms with Gasteiger partial charge in [-0.05, 0) is 50.1 Å². The fraction of sp³-hybridized carbons (Fsp3) is 0.150.